The summed E-state index contributed by atoms with van der Waals surface area (Å²) in [7, 11) is 3.09. The molecule has 0 aliphatic heterocycles. The van der Waals surface area contributed by atoms with E-state index in [2.05, 4.69) is 0 Å². The highest BCUT2D eigenvalue weighted by molar-refractivity contribution is 5.59. The summed E-state index contributed by atoms with van der Waals surface area (Å²) in [5.74, 6) is 1.12. The minimum atomic E-state index is -0.996. The van der Waals surface area contributed by atoms with Crippen LogP contribution < -0.4 is 15.2 Å². The number of hydrogen-bond acceptors (Lipinski definition) is 4. The Morgan fingerprint density at radius 2 is 1.60 bits per heavy atom. The van der Waals surface area contributed by atoms with Crippen molar-refractivity contribution < 1.29 is 14.6 Å². The van der Waals surface area contributed by atoms with Crippen molar-refractivity contribution in [1.29, 1.82) is 0 Å². The second-order valence-corrected chi connectivity index (χ2v) is 3.85. The lowest BCUT2D eigenvalue weighted by molar-refractivity contribution is 0.0791. The van der Waals surface area contributed by atoms with Gasteiger partial charge in [0.25, 0.3) is 0 Å². The summed E-state index contributed by atoms with van der Waals surface area (Å²) in [6.45, 7) is 3.34. The first-order valence-corrected chi connectivity index (χ1v) is 4.64. The third-order valence-corrected chi connectivity index (χ3v) is 2.21. The Kier molecular flexibility index (Phi) is 3.09. The van der Waals surface area contributed by atoms with E-state index >= 15 is 0 Å². The number of ether oxygens (including phenoxy) is 2. The number of nitrogen functional groups attached to an aromatic ring is 1. The van der Waals surface area contributed by atoms with Crippen molar-refractivity contribution >= 4 is 5.69 Å². The molecule has 0 aliphatic carbocycles. The lowest BCUT2D eigenvalue weighted by Crippen LogP contribution is -2.18. The number of aliphatic hydroxyl groups is 1. The Labute approximate surface area is 89.6 Å². The summed E-state index contributed by atoms with van der Waals surface area (Å²) in [4.78, 5) is 0. The molecule has 4 nitrogen and oxygen atoms in total. The minimum absolute atomic E-state index is 0.486. The van der Waals surface area contributed by atoms with Gasteiger partial charge in [-0.3, -0.25) is 0 Å². The summed E-state index contributed by atoms with van der Waals surface area (Å²) in [5, 5.41) is 9.88. The molecule has 0 saturated carbocycles. The number of hydrogen-bond donors (Lipinski definition) is 2. The van der Waals surface area contributed by atoms with E-state index in [1.54, 1.807) is 40.2 Å². The molecule has 0 unspecified atom stereocenters. The van der Waals surface area contributed by atoms with E-state index in [1.807, 2.05) is 0 Å². The predicted octanol–water partition coefficient (Wildman–Crippen LogP) is 1.51. The second-order valence-electron chi connectivity index (χ2n) is 3.85. The SMILES string of the molecule is COc1cc(N)c(C(C)(C)O)cc1OC. The molecule has 15 heavy (non-hydrogen) atoms. The molecular weight excluding hydrogens is 194 g/mol. The summed E-state index contributed by atoms with van der Waals surface area (Å²) in [6.07, 6.45) is 0. The van der Waals surface area contributed by atoms with Crippen LogP contribution in [-0.4, -0.2) is 19.3 Å². The topological polar surface area (TPSA) is 64.7 Å². The average molecular weight is 211 g/mol. The van der Waals surface area contributed by atoms with Gasteiger partial charge in [-0.05, 0) is 19.9 Å². The van der Waals surface area contributed by atoms with Crippen LogP contribution in [0.15, 0.2) is 12.1 Å². The first kappa shape index (κ1) is 11.7. The molecule has 3 N–H and O–H groups in total. The smallest absolute Gasteiger partial charge is 0.162 e. The lowest BCUT2D eigenvalue weighted by Gasteiger charge is -2.21. The fraction of sp³-hybridized carbons (Fsp3) is 0.455. The van der Waals surface area contributed by atoms with E-state index in [9.17, 15) is 5.11 Å². The molecule has 0 spiro atoms. The van der Waals surface area contributed by atoms with Gasteiger partial charge < -0.3 is 20.3 Å². The van der Waals surface area contributed by atoms with Crippen LogP contribution >= 0.6 is 0 Å². The highest BCUT2D eigenvalue weighted by atomic mass is 16.5. The number of rotatable bonds is 3. The molecule has 1 aromatic carbocycles. The minimum Gasteiger partial charge on any atom is -0.493 e. The Bertz CT molecular complexity index is 356. The van der Waals surface area contributed by atoms with Crippen LogP contribution in [0.3, 0.4) is 0 Å². The summed E-state index contributed by atoms with van der Waals surface area (Å²) < 4.78 is 10.2. The fourth-order valence-corrected chi connectivity index (χ4v) is 1.42. The van der Waals surface area contributed by atoms with Crippen LogP contribution in [0, 0.1) is 0 Å². The Hall–Kier alpha value is -1.42. The van der Waals surface area contributed by atoms with Crippen molar-refractivity contribution in [3.05, 3.63) is 17.7 Å². The highest BCUT2D eigenvalue weighted by Crippen LogP contribution is 2.36. The largest absolute Gasteiger partial charge is 0.493 e. The van der Waals surface area contributed by atoms with Gasteiger partial charge in [0, 0.05) is 17.3 Å². The zero-order valence-electron chi connectivity index (χ0n) is 9.50. The Morgan fingerprint density at radius 1 is 1.13 bits per heavy atom. The summed E-state index contributed by atoms with van der Waals surface area (Å²) >= 11 is 0. The zero-order valence-corrected chi connectivity index (χ0v) is 9.50. The van der Waals surface area contributed by atoms with Crippen LogP contribution in [0.2, 0.25) is 0 Å². The number of nitrogens with two attached hydrogens (primary N) is 1. The van der Waals surface area contributed by atoms with E-state index in [-0.39, 0.29) is 0 Å². The molecule has 1 aromatic rings. The van der Waals surface area contributed by atoms with Gasteiger partial charge in [-0.15, -0.1) is 0 Å². The van der Waals surface area contributed by atoms with Gasteiger partial charge in [0.2, 0.25) is 0 Å². The van der Waals surface area contributed by atoms with E-state index < -0.39 is 5.60 Å². The van der Waals surface area contributed by atoms with Gasteiger partial charge in [0.1, 0.15) is 0 Å². The Balaban J connectivity index is 3.32. The van der Waals surface area contributed by atoms with Crippen molar-refractivity contribution in [2.45, 2.75) is 19.4 Å². The highest BCUT2D eigenvalue weighted by Gasteiger charge is 2.21. The molecule has 0 aliphatic rings. The van der Waals surface area contributed by atoms with Crippen molar-refractivity contribution in [3.63, 3.8) is 0 Å². The molecule has 0 bridgehead atoms. The molecule has 1 rings (SSSR count). The van der Waals surface area contributed by atoms with Gasteiger partial charge in [-0.25, -0.2) is 0 Å². The number of anilines is 1. The second kappa shape index (κ2) is 3.98. The average Bonchev–Trinajstić information content (AvgIpc) is 2.15. The molecule has 0 saturated heterocycles. The van der Waals surface area contributed by atoms with E-state index in [0.29, 0.717) is 22.7 Å². The third-order valence-electron chi connectivity index (χ3n) is 2.21. The van der Waals surface area contributed by atoms with Crippen LogP contribution in [0.5, 0.6) is 11.5 Å². The zero-order chi connectivity index (χ0) is 11.6. The van der Waals surface area contributed by atoms with Crippen LogP contribution in [0.1, 0.15) is 19.4 Å². The van der Waals surface area contributed by atoms with Crippen LogP contribution in [0.4, 0.5) is 5.69 Å². The first-order valence-electron chi connectivity index (χ1n) is 4.64. The van der Waals surface area contributed by atoms with Gasteiger partial charge in [-0.1, -0.05) is 0 Å². The predicted molar refractivity (Wildman–Crippen MR) is 59.2 cm³/mol. The van der Waals surface area contributed by atoms with Gasteiger partial charge >= 0.3 is 0 Å². The number of methoxy groups -OCH3 is 2. The summed E-state index contributed by atoms with van der Waals surface area (Å²) in [5.41, 5.74) is 5.93. The maximum absolute atomic E-state index is 9.88. The van der Waals surface area contributed by atoms with Crippen molar-refractivity contribution in [1.82, 2.24) is 0 Å². The summed E-state index contributed by atoms with van der Waals surface area (Å²) in [6, 6.07) is 3.33. The quantitative estimate of drug-likeness (QED) is 0.744. The fourth-order valence-electron chi connectivity index (χ4n) is 1.42. The standard InChI is InChI=1S/C11H17NO3/c1-11(2,13)7-5-9(14-3)10(15-4)6-8(7)12/h5-6,13H,12H2,1-4H3. The molecule has 4 heteroatoms. The first-order chi connectivity index (χ1) is 6.90. The van der Waals surface area contributed by atoms with Gasteiger partial charge in [-0.2, -0.15) is 0 Å². The monoisotopic (exact) mass is 211 g/mol. The normalized spacial score (nSPS) is 11.3. The van der Waals surface area contributed by atoms with Crippen LogP contribution in [0.25, 0.3) is 0 Å². The van der Waals surface area contributed by atoms with Crippen molar-refractivity contribution in [2.24, 2.45) is 0 Å². The van der Waals surface area contributed by atoms with Crippen LogP contribution in [-0.2, 0) is 5.60 Å². The molecule has 0 heterocycles. The molecule has 0 atom stereocenters. The maximum atomic E-state index is 9.88. The van der Waals surface area contributed by atoms with Crippen molar-refractivity contribution in [3.8, 4) is 11.5 Å². The van der Waals surface area contributed by atoms with Gasteiger partial charge in [0.05, 0.1) is 19.8 Å². The molecule has 0 amide bonds. The molecular formula is C11H17NO3. The van der Waals surface area contributed by atoms with E-state index in [1.165, 1.54) is 0 Å². The van der Waals surface area contributed by atoms with Gasteiger partial charge in [0.15, 0.2) is 11.5 Å². The molecule has 0 fully saturated rings. The van der Waals surface area contributed by atoms with E-state index in [4.69, 9.17) is 15.2 Å². The molecule has 84 valence electrons. The molecule has 0 radical (unpaired) electrons. The third kappa shape index (κ3) is 2.33. The number of benzene rings is 1. The van der Waals surface area contributed by atoms with E-state index in [0.717, 1.165) is 0 Å². The Morgan fingerprint density at radius 3 is 2.00 bits per heavy atom. The lowest BCUT2D eigenvalue weighted by atomic mass is 9.96. The van der Waals surface area contributed by atoms with Crippen molar-refractivity contribution in [2.75, 3.05) is 20.0 Å². The maximum Gasteiger partial charge on any atom is 0.162 e. The molecule has 0 aromatic heterocycles.